The number of nitrogens with zero attached hydrogens (tertiary/aromatic N) is 4. The van der Waals surface area contributed by atoms with Crippen LogP contribution in [0.15, 0.2) is 30.9 Å². The number of aliphatic hydroxyl groups excluding tert-OH is 3. The van der Waals surface area contributed by atoms with Crippen LogP contribution in [0.1, 0.15) is 17.4 Å². The molecular formula is C18H21N5O4. The quantitative estimate of drug-likeness (QED) is 0.531. The molecule has 4 atom stereocenters. The second-order valence-corrected chi connectivity index (χ2v) is 6.72. The van der Waals surface area contributed by atoms with Crippen LogP contribution in [-0.4, -0.2) is 59.8 Å². The molecule has 1 aliphatic heterocycles. The Morgan fingerprint density at radius 1 is 1.15 bits per heavy atom. The van der Waals surface area contributed by atoms with E-state index >= 15 is 0 Å². The fourth-order valence-corrected chi connectivity index (χ4v) is 3.24. The van der Waals surface area contributed by atoms with E-state index in [0.29, 0.717) is 17.0 Å². The molecule has 1 aromatic carbocycles. The molecule has 0 saturated carbocycles. The lowest BCUT2D eigenvalue weighted by molar-refractivity contribution is -0.0511. The van der Waals surface area contributed by atoms with Crippen molar-refractivity contribution in [3.05, 3.63) is 42.0 Å². The third kappa shape index (κ3) is 3.04. The predicted octanol–water partition coefficient (Wildman–Crippen LogP) is 0.798. The summed E-state index contributed by atoms with van der Waals surface area (Å²) >= 11 is 0. The molecule has 1 aliphatic rings. The Labute approximate surface area is 155 Å². The van der Waals surface area contributed by atoms with Gasteiger partial charge in [-0.1, -0.05) is 12.1 Å². The molecule has 1 unspecified atom stereocenters. The van der Waals surface area contributed by atoms with Gasteiger partial charge in [0.05, 0.1) is 12.9 Å². The molecular weight excluding hydrogens is 350 g/mol. The standard InChI is InChI=1S/C18H21N5O4/c1-9-3-4-10(2)11(5-9)22-16-13-17(20-7-19-16)23(8-21-13)18-15(26)14(25)12(6-24)27-18/h3-5,7-8,12,14-15,18,24-26H,6H2,1-2H3,(H,19,20,22)/t12-,14-,15-,18?/m1/s1. The van der Waals surface area contributed by atoms with E-state index in [1.807, 2.05) is 32.0 Å². The Balaban J connectivity index is 1.71. The van der Waals surface area contributed by atoms with E-state index in [2.05, 4.69) is 20.3 Å². The first-order valence-electron chi connectivity index (χ1n) is 8.64. The monoisotopic (exact) mass is 371 g/mol. The van der Waals surface area contributed by atoms with Crippen molar-refractivity contribution in [3.8, 4) is 0 Å². The molecule has 4 N–H and O–H groups in total. The van der Waals surface area contributed by atoms with Crippen molar-refractivity contribution in [2.75, 3.05) is 11.9 Å². The SMILES string of the molecule is Cc1ccc(C)c(Nc2ncnc3c2ncn3C2O[C@H](CO)[C@@H](O)[C@H]2O)c1. The van der Waals surface area contributed by atoms with Crippen LogP contribution in [0.2, 0.25) is 0 Å². The van der Waals surface area contributed by atoms with Crippen molar-refractivity contribution in [1.82, 2.24) is 19.5 Å². The molecule has 27 heavy (non-hydrogen) atoms. The number of hydrogen-bond donors (Lipinski definition) is 4. The minimum absolute atomic E-state index is 0.393. The number of aromatic nitrogens is 4. The number of aliphatic hydroxyl groups is 3. The number of anilines is 2. The maximum atomic E-state index is 10.3. The molecule has 0 aliphatic carbocycles. The minimum atomic E-state index is -1.20. The molecule has 0 amide bonds. The lowest BCUT2D eigenvalue weighted by Gasteiger charge is -2.16. The van der Waals surface area contributed by atoms with Gasteiger partial charge in [0.2, 0.25) is 0 Å². The van der Waals surface area contributed by atoms with Crippen LogP contribution in [-0.2, 0) is 4.74 Å². The van der Waals surface area contributed by atoms with Gasteiger partial charge in [-0.15, -0.1) is 0 Å². The maximum Gasteiger partial charge on any atom is 0.167 e. The van der Waals surface area contributed by atoms with Gasteiger partial charge in [0, 0.05) is 5.69 Å². The highest BCUT2D eigenvalue weighted by Gasteiger charge is 2.44. The van der Waals surface area contributed by atoms with Crippen molar-refractivity contribution < 1.29 is 20.1 Å². The summed E-state index contributed by atoms with van der Waals surface area (Å²) in [6, 6.07) is 6.08. The molecule has 1 saturated heterocycles. The number of nitrogens with one attached hydrogen (secondary N) is 1. The summed E-state index contributed by atoms with van der Waals surface area (Å²) in [5.41, 5.74) is 4.06. The third-order valence-electron chi connectivity index (χ3n) is 4.80. The Hall–Kier alpha value is -2.59. The molecule has 4 rings (SSSR count). The average Bonchev–Trinajstić information content (AvgIpc) is 3.21. The number of hydrogen-bond acceptors (Lipinski definition) is 8. The summed E-state index contributed by atoms with van der Waals surface area (Å²) in [4.78, 5) is 12.9. The summed E-state index contributed by atoms with van der Waals surface area (Å²) in [7, 11) is 0. The maximum absolute atomic E-state index is 10.3. The highest BCUT2D eigenvalue weighted by Crippen LogP contribution is 2.32. The second-order valence-electron chi connectivity index (χ2n) is 6.72. The molecule has 9 nitrogen and oxygen atoms in total. The average molecular weight is 371 g/mol. The van der Waals surface area contributed by atoms with Gasteiger partial charge in [0.15, 0.2) is 23.2 Å². The van der Waals surface area contributed by atoms with Gasteiger partial charge in [-0.2, -0.15) is 0 Å². The highest BCUT2D eigenvalue weighted by molar-refractivity contribution is 5.85. The van der Waals surface area contributed by atoms with Gasteiger partial charge in [-0.05, 0) is 31.0 Å². The summed E-state index contributed by atoms with van der Waals surface area (Å²) in [6.07, 6.45) is -1.28. The predicted molar refractivity (Wildman–Crippen MR) is 97.5 cm³/mol. The molecule has 0 spiro atoms. The lowest BCUT2D eigenvalue weighted by atomic mass is 10.1. The van der Waals surface area contributed by atoms with Crippen LogP contribution in [0.25, 0.3) is 11.2 Å². The number of fused-ring (bicyclic) bond motifs is 1. The first-order chi connectivity index (χ1) is 13.0. The van der Waals surface area contributed by atoms with E-state index in [0.717, 1.165) is 16.8 Å². The van der Waals surface area contributed by atoms with Crippen molar-refractivity contribution >= 4 is 22.7 Å². The van der Waals surface area contributed by atoms with Gasteiger partial charge in [-0.3, -0.25) is 4.57 Å². The topological polar surface area (TPSA) is 126 Å². The van der Waals surface area contributed by atoms with Crippen LogP contribution in [0, 0.1) is 13.8 Å². The first kappa shape index (κ1) is 17.8. The van der Waals surface area contributed by atoms with Gasteiger partial charge in [0.25, 0.3) is 0 Å². The largest absolute Gasteiger partial charge is 0.394 e. The molecule has 3 heterocycles. The van der Waals surface area contributed by atoms with Crippen LogP contribution in [0.3, 0.4) is 0 Å². The van der Waals surface area contributed by atoms with Gasteiger partial charge in [-0.25, -0.2) is 15.0 Å². The highest BCUT2D eigenvalue weighted by atomic mass is 16.6. The number of rotatable bonds is 4. The smallest absolute Gasteiger partial charge is 0.167 e. The van der Waals surface area contributed by atoms with Gasteiger partial charge < -0.3 is 25.4 Å². The van der Waals surface area contributed by atoms with Crippen molar-refractivity contribution in [2.45, 2.75) is 38.4 Å². The van der Waals surface area contributed by atoms with E-state index in [4.69, 9.17) is 4.74 Å². The summed E-state index contributed by atoms with van der Waals surface area (Å²) in [5, 5.41) is 32.8. The van der Waals surface area contributed by atoms with E-state index in [1.165, 1.54) is 17.2 Å². The molecule has 0 radical (unpaired) electrons. The number of benzene rings is 1. The Bertz CT molecular complexity index is 976. The number of ether oxygens (including phenoxy) is 1. The van der Waals surface area contributed by atoms with Crippen LogP contribution in [0.4, 0.5) is 11.5 Å². The van der Waals surface area contributed by atoms with Crippen molar-refractivity contribution in [1.29, 1.82) is 0 Å². The Morgan fingerprint density at radius 3 is 2.70 bits per heavy atom. The van der Waals surface area contributed by atoms with E-state index in [-0.39, 0.29) is 0 Å². The summed E-state index contributed by atoms with van der Waals surface area (Å²) in [5.74, 6) is 0.527. The first-order valence-corrected chi connectivity index (χ1v) is 8.64. The van der Waals surface area contributed by atoms with E-state index < -0.39 is 31.1 Å². The van der Waals surface area contributed by atoms with E-state index in [1.54, 1.807) is 0 Å². The van der Waals surface area contributed by atoms with Crippen LogP contribution >= 0.6 is 0 Å². The lowest BCUT2D eigenvalue weighted by Crippen LogP contribution is -2.33. The fourth-order valence-electron chi connectivity index (χ4n) is 3.24. The number of aryl methyl sites for hydroxylation is 2. The Kier molecular flexibility index (Phi) is 4.52. The normalized spacial score (nSPS) is 25.2. The zero-order valence-electron chi connectivity index (χ0n) is 14.9. The molecule has 2 aromatic heterocycles. The zero-order chi connectivity index (χ0) is 19.1. The molecule has 9 heteroatoms. The van der Waals surface area contributed by atoms with E-state index in [9.17, 15) is 15.3 Å². The third-order valence-corrected chi connectivity index (χ3v) is 4.80. The Morgan fingerprint density at radius 2 is 1.96 bits per heavy atom. The van der Waals surface area contributed by atoms with Crippen LogP contribution < -0.4 is 5.32 Å². The van der Waals surface area contributed by atoms with Crippen LogP contribution in [0.5, 0.6) is 0 Å². The molecule has 3 aromatic rings. The zero-order valence-corrected chi connectivity index (χ0v) is 14.9. The molecule has 1 fully saturated rings. The molecule has 142 valence electrons. The fraction of sp³-hybridized carbons (Fsp3) is 0.389. The second kappa shape index (κ2) is 6.86. The summed E-state index contributed by atoms with van der Waals surface area (Å²) in [6.45, 7) is 3.62. The molecule has 0 bridgehead atoms. The minimum Gasteiger partial charge on any atom is -0.394 e. The number of imidazole rings is 1. The van der Waals surface area contributed by atoms with Gasteiger partial charge in [0.1, 0.15) is 24.6 Å². The summed E-state index contributed by atoms with van der Waals surface area (Å²) < 4.78 is 7.11. The van der Waals surface area contributed by atoms with Gasteiger partial charge >= 0.3 is 0 Å². The van der Waals surface area contributed by atoms with Crippen molar-refractivity contribution in [2.24, 2.45) is 0 Å². The van der Waals surface area contributed by atoms with Crippen molar-refractivity contribution in [3.63, 3.8) is 0 Å².